The lowest BCUT2D eigenvalue weighted by atomic mass is 10.1. The van der Waals surface area contributed by atoms with Crippen molar-refractivity contribution in [3.63, 3.8) is 0 Å². The zero-order valence-electron chi connectivity index (χ0n) is 12.0. The first-order chi connectivity index (χ1) is 10.4. The van der Waals surface area contributed by atoms with E-state index in [2.05, 4.69) is 51.3 Å². The fourth-order valence-electron chi connectivity index (χ4n) is 3.18. The van der Waals surface area contributed by atoms with Crippen LogP contribution in [0.25, 0.3) is 22.3 Å². The van der Waals surface area contributed by atoms with Crippen molar-refractivity contribution >= 4 is 16.7 Å². The Morgan fingerprint density at radius 2 is 1.76 bits per heavy atom. The van der Waals surface area contributed by atoms with E-state index in [1.165, 1.54) is 36.0 Å². The summed E-state index contributed by atoms with van der Waals surface area (Å²) < 4.78 is 0. The number of aromatic nitrogens is 2. The lowest BCUT2D eigenvalue weighted by Crippen LogP contribution is -2.29. The molecule has 3 heterocycles. The number of pyridine rings is 1. The third-order valence-corrected chi connectivity index (χ3v) is 4.28. The smallest absolute Gasteiger partial charge is 0.0906 e. The molecule has 1 saturated heterocycles. The predicted octanol–water partition coefficient (Wildman–Crippen LogP) is 4.22. The van der Waals surface area contributed by atoms with Gasteiger partial charge in [-0.25, -0.2) is 0 Å². The second-order valence-corrected chi connectivity index (χ2v) is 5.69. The molecule has 1 aliphatic heterocycles. The molecule has 0 unspecified atom stereocenters. The maximum atomic E-state index is 4.52. The van der Waals surface area contributed by atoms with Gasteiger partial charge in [0, 0.05) is 25.0 Å². The highest BCUT2D eigenvalue weighted by Gasteiger charge is 2.15. The molecule has 21 heavy (non-hydrogen) atoms. The van der Waals surface area contributed by atoms with Gasteiger partial charge in [-0.05, 0) is 37.0 Å². The van der Waals surface area contributed by atoms with Gasteiger partial charge in [0.2, 0.25) is 0 Å². The van der Waals surface area contributed by atoms with Crippen molar-refractivity contribution in [3.05, 3.63) is 48.7 Å². The molecule has 3 nitrogen and oxygen atoms in total. The van der Waals surface area contributed by atoms with E-state index in [1.54, 1.807) is 0 Å². The lowest BCUT2D eigenvalue weighted by Gasteiger charge is -2.29. The molecule has 0 radical (unpaired) electrons. The number of hydrogen-bond donors (Lipinski definition) is 1. The fraction of sp³-hybridized carbons (Fsp3) is 0.278. The van der Waals surface area contributed by atoms with Gasteiger partial charge in [0.25, 0.3) is 0 Å². The molecule has 3 heteroatoms. The first-order valence-corrected chi connectivity index (χ1v) is 7.70. The van der Waals surface area contributed by atoms with Gasteiger partial charge in [0.1, 0.15) is 0 Å². The molecule has 106 valence electrons. The van der Waals surface area contributed by atoms with Gasteiger partial charge in [0.05, 0.1) is 16.7 Å². The second kappa shape index (κ2) is 5.24. The molecular weight excluding hydrogens is 258 g/mol. The molecule has 0 atom stereocenters. The van der Waals surface area contributed by atoms with E-state index in [4.69, 9.17) is 0 Å². The van der Waals surface area contributed by atoms with E-state index >= 15 is 0 Å². The molecule has 1 aliphatic rings. The van der Waals surface area contributed by atoms with E-state index in [-0.39, 0.29) is 0 Å². The topological polar surface area (TPSA) is 31.9 Å². The van der Waals surface area contributed by atoms with E-state index in [0.717, 1.165) is 24.3 Å². The van der Waals surface area contributed by atoms with Crippen molar-refractivity contribution in [2.45, 2.75) is 19.3 Å². The molecule has 3 aromatic rings. The summed E-state index contributed by atoms with van der Waals surface area (Å²) in [4.78, 5) is 10.6. The summed E-state index contributed by atoms with van der Waals surface area (Å²) in [5.74, 6) is 0. The Morgan fingerprint density at radius 1 is 0.952 bits per heavy atom. The van der Waals surface area contributed by atoms with Crippen molar-refractivity contribution < 1.29 is 0 Å². The first kappa shape index (κ1) is 12.5. The van der Waals surface area contributed by atoms with Gasteiger partial charge in [-0.1, -0.05) is 30.3 Å². The highest BCUT2D eigenvalue weighted by Crippen LogP contribution is 2.30. The minimum absolute atomic E-state index is 1.05. The average molecular weight is 277 g/mol. The number of hydrogen-bond acceptors (Lipinski definition) is 2. The summed E-state index contributed by atoms with van der Waals surface area (Å²) >= 11 is 0. The first-order valence-electron chi connectivity index (χ1n) is 7.70. The van der Waals surface area contributed by atoms with Crippen LogP contribution in [0.4, 0.5) is 5.69 Å². The number of nitrogens with zero attached hydrogens (tertiary/aromatic N) is 2. The van der Waals surface area contributed by atoms with E-state index < -0.39 is 0 Å². The van der Waals surface area contributed by atoms with E-state index in [1.807, 2.05) is 12.3 Å². The van der Waals surface area contributed by atoms with Crippen molar-refractivity contribution in [1.82, 2.24) is 9.97 Å². The number of nitrogens with one attached hydrogen (secondary N) is 1. The Kier molecular flexibility index (Phi) is 3.11. The second-order valence-electron chi connectivity index (χ2n) is 5.69. The summed E-state index contributed by atoms with van der Waals surface area (Å²) in [6.07, 6.45) is 5.85. The summed E-state index contributed by atoms with van der Waals surface area (Å²) in [7, 11) is 0. The van der Waals surface area contributed by atoms with Gasteiger partial charge in [0.15, 0.2) is 0 Å². The van der Waals surface area contributed by atoms with Crippen LogP contribution in [0.1, 0.15) is 19.3 Å². The van der Waals surface area contributed by atoms with Gasteiger partial charge < -0.3 is 9.88 Å². The molecule has 0 aliphatic carbocycles. The number of benzene rings is 1. The minimum Gasteiger partial charge on any atom is -0.370 e. The molecule has 0 spiro atoms. The minimum atomic E-state index is 1.05. The fourth-order valence-corrected chi connectivity index (χ4v) is 3.18. The number of rotatable bonds is 2. The number of anilines is 1. The number of piperidine rings is 1. The van der Waals surface area contributed by atoms with Crippen molar-refractivity contribution in [2.75, 3.05) is 18.0 Å². The summed E-state index contributed by atoms with van der Waals surface area (Å²) in [6, 6.07) is 14.7. The molecule has 1 fully saturated rings. The molecule has 2 aromatic heterocycles. The molecule has 4 rings (SSSR count). The maximum Gasteiger partial charge on any atom is 0.0906 e. The Labute approximate surface area is 124 Å². The Bertz CT molecular complexity index is 740. The van der Waals surface area contributed by atoms with Crippen LogP contribution < -0.4 is 4.90 Å². The summed E-state index contributed by atoms with van der Waals surface area (Å²) in [5.41, 5.74) is 5.86. The quantitative estimate of drug-likeness (QED) is 0.760. The largest absolute Gasteiger partial charge is 0.370 e. The van der Waals surface area contributed by atoms with Crippen LogP contribution in [0.5, 0.6) is 0 Å². The van der Waals surface area contributed by atoms with E-state index in [0.29, 0.717) is 0 Å². The molecule has 1 N–H and O–H groups in total. The molecule has 0 bridgehead atoms. The summed E-state index contributed by atoms with van der Waals surface area (Å²) in [5, 5.41) is 0. The van der Waals surface area contributed by atoms with Gasteiger partial charge in [-0.15, -0.1) is 0 Å². The Hall–Kier alpha value is -2.29. The van der Waals surface area contributed by atoms with Crippen LogP contribution in [0.2, 0.25) is 0 Å². The molecule has 1 aromatic carbocycles. The lowest BCUT2D eigenvalue weighted by molar-refractivity contribution is 0.578. The summed E-state index contributed by atoms with van der Waals surface area (Å²) in [6.45, 7) is 2.30. The van der Waals surface area contributed by atoms with Crippen LogP contribution in [0, 0.1) is 0 Å². The number of fused-ring (bicyclic) bond motifs is 1. The van der Waals surface area contributed by atoms with Crippen LogP contribution in [-0.2, 0) is 0 Å². The highest BCUT2D eigenvalue weighted by atomic mass is 15.1. The number of H-pyrrole nitrogens is 1. The third-order valence-electron chi connectivity index (χ3n) is 4.28. The maximum absolute atomic E-state index is 4.52. The standard InChI is InChI=1S/C18H19N3/c1-3-7-14(8-4-1)15-13-16-18(20-15)17(9-10-19-16)21-11-5-2-6-12-21/h1,3-4,7-10,13,20H,2,5-6,11-12H2. The Balaban J connectivity index is 1.80. The van der Waals surface area contributed by atoms with Crippen LogP contribution >= 0.6 is 0 Å². The highest BCUT2D eigenvalue weighted by molar-refractivity contribution is 5.92. The zero-order valence-corrected chi connectivity index (χ0v) is 12.0. The zero-order chi connectivity index (χ0) is 14.1. The van der Waals surface area contributed by atoms with Crippen molar-refractivity contribution in [2.24, 2.45) is 0 Å². The molecule has 0 amide bonds. The van der Waals surface area contributed by atoms with Crippen molar-refractivity contribution in [3.8, 4) is 11.3 Å². The third kappa shape index (κ3) is 2.29. The van der Waals surface area contributed by atoms with Gasteiger partial charge in [-0.3, -0.25) is 4.98 Å². The van der Waals surface area contributed by atoms with Crippen molar-refractivity contribution in [1.29, 1.82) is 0 Å². The van der Waals surface area contributed by atoms with Crippen LogP contribution in [-0.4, -0.2) is 23.1 Å². The monoisotopic (exact) mass is 277 g/mol. The predicted molar refractivity (Wildman–Crippen MR) is 87.6 cm³/mol. The normalized spacial score (nSPS) is 15.5. The average Bonchev–Trinajstić information content (AvgIpc) is 3.00. The number of aromatic amines is 1. The molecule has 0 saturated carbocycles. The Morgan fingerprint density at radius 3 is 2.57 bits per heavy atom. The van der Waals surface area contributed by atoms with Gasteiger partial charge in [-0.2, -0.15) is 0 Å². The van der Waals surface area contributed by atoms with E-state index in [9.17, 15) is 0 Å². The molecular formula is C18H19N3. The SMILES string of the molecule is c1ccc(-c2cc3nccc(N4CCCCC4)c3[nH]2)cc1. The van der Waals surface area contributed by atoms with Gasteiger partial charge >= 0.3 is 0 Å². The van der Waals surface area contributed by atoms with Crippen LogP contribution in [0.15, 0.2) is 48.7 Å². The van der Waals surface area contributed by atoms with Crippen LogP contribution in [0.3, 0.4) is 0 Å².